The van der Waals surface area contributed by atoms with Crippen LogP contribution >= 0.6 is 0 Å². The Balaban J connectivity index is 1.84. The van der Waals surface area contributed by atoms with Crippen LogP contribution in [0.15, 0.2) is 21.6 Å². The van der Waals surface area contributed by atoms with Gasteiger partial charge in [-0.2, -0.15) is 13.2 Å². The van der Waals surface area contributed by atoms with Crippen molar-refractivity contribution in [2.24, 2.45) is 0 Å². The summed E-state index contributed by atoms with van der Waals surface area (Å²) in [5.41, 5.74) is -2.86. The molecule has 31 heavy (non-hydrogen) atoms. The maximum Gasteiger partial charge on any atom is 0.433 e. The van der Waals surface area contributed by atoms with Crippen molar-refractivity contribution in [1.29, 1.82) is 0 Å². The Morgan fingerprint density at radius 2 is 1.84 bits per heavy atom. The minimum Gasteiger partial charge on any atom is -0.360 e. The van der Waals surface area contributed by atoms with Gasteiger partial charge in [0, 0.05) is 6.54 Å². The number of amides is 2. The molecule has 1 unspecified atom stereocenters. The van der Waals surface area contributed by atoms with Crippen molar-refractivity contribution >= 4 is 21.8 Å². The molecule has 168 valence electrons. The number of pyridine rings is 1. The number of carbonyl (C=O) groups is 2. The highest BCUT2D eigenvalue weighted by atomic mass is 32.2. The Labute approximate surface area is 175 Å². The zero-order valence-electron chi connectivity index (χ0n) is 17.0. The van der Waals surface area contributed by atoms with Crippen LogP contribution in [0, 0.1) is 20.8 Å². The molecule has 3 rings (SSSR count). The zero-order valence-corrected chi connectivity index (χ0v) is 17.8. The third-order valence-corrected chi connectivity index (χ3v) is 6.80. The van der Waals surface area contributed by atoms with Gasteiger partial charge >= 0.3 is 6.18 Å². The SMILES string of the molecule is Cc1nc(C(F)(F)F)ccc1C(=O)N1CCC1(C)C(=O)NS(=O)(=O)c1c(C)noc1C. The summed E-state index contributed by atoms with van der Waals surface area (Å²) in [6.45, 7) is 5.52. The summed E-state index contributed by atoms with van der Waals surface area (Å²) in [5.74, 6) is -1.68. The van der Waals surface area contributed by atoms with Gasteiger partial charge in [-0.1, -0.05) is 5.16 Å². The second kappa shape index (κ2) is 7.32. The Hall–Kier alpha value is -2.96. The van der Waals surface area contributed by atoms with Gasteiger partial charge in [0.2, 0.25) is 0 Å². The second-order valence-electron chi connectivity index (χ2n) is 7.40. The summed E-state index contributed by atoms with van der Waals surface area (Å²) in [4.78, 5) is 29.9. The van der Waals surface area contributed by atoms with Gasteiger partial charge in [0.05, 0.1) is 11.3 Å². The van der Waals surface area contributed by atoms with Crippen molar-refractivity contribution < 1.29 is 35.7 Å². The molecule has 0 radical (unpaired) electrons. The lowest BCUT2D eigenvalue weighted by atomic mass is 9.85. The van der Waals surface area contributed by atoms with Gasteiger partial charge < -0.3 is 9.42 Å². The third kappa shape index (κ3) is 3.89. The standard InChI is InChI=1S/C18H19F3N4O5S/c1-9-12(5-6-13(22-9)18(19,20)21)15(26)25-8-7-17(25,4)16(27)24-31(28,29)14-10(2)23-30-11(14)3/h5-6H,7-8H2,1-4H3,(H,24,27). The van der Waals surface area contributed by atoms with E-state index >= 15 is 0 Å². The molecule has 0 spiro atoms. The summed E-state index contributed by atoms with van der Waals surface area (Å²) in [6, 6.07) is 1.67. The molecule has 1 aliphatic heterocycles. The van der Waals surface area contributed by atoms with Crippen LogP contribution < -0.4 is 4.72 Å². The fraction of sp³-hybridized carbons (Fsp3) is 0.444. The van der Waals surface area contributed by atoms with Gasteiger partial charge in [-0.05, 0) is 46.2 Å². The molecule has 1 fully saturated rings. The molecule has 2 amide bonds. The van der Waals surface area contributed by atoms with Gasteiger partial charge in [-0.3, -0.25) is 9.59 Å². The minimum atomic E-state index is -4.66. The van der Waals surface area contributed by atoms with E-state index in [4.69, 9.17) is 4.52 Å². The second-order valence-corrected chi connectivity index (χ2v) is 9.02. The van der Waals surface area contributed by atoms with E-state index in [1.54, 1.807) is 0 Å². The first-order valence-corrected chi connectivity index (χ1v) is 10.5. The molecule has 1 N–H and O–H groups in total. The predicted molar refractivity (Wildman–Crippen MR) is 99.3 cm³/mol. The monoisotopic (exact) mass is 460 g/mol. The third-order valence-electron chi connectivity index (χ3n) is 5.22. The van der Waals surface area contributed by atoms with Gasteiger partial charge in [0.15, 0.2) is 10.7 Å². The number of aromatic nitrogens is 2. The lowest BCUT2D eigenvalue weighted by molar-refractivity contribution is -0.141. The quantitative estimate of drug-likeness (QED) is 0.742. The molecule has 1 aliphatic rings. The summed E-state index contributed by atoms with van der Waals surface area (Å²) in [6.07, 6.45) is -4.50. The molecule has 13 heteroatoms. The Morgan fingerprint density at radius 1 is 1.19 bits per heavy atom. The molecular weight excluding hydrogens is 441 g/mol. The van der Waals surface area contributed by atoms with Gasteiger partial charge in [0.25, 0.3) is 21.8 Å². The van der Waals surface area contributed by atoms with Crippen molar-refractivity contribution in [3.8, 4) is 0 Å². The zero-order chi connectivity index (χ0) is 23.4. The number of sulfonamides is 1. The van der Waals surface area contributed by atoms with Crippen LogP contribution in [0.2, 0.25) is 0 Å². The molecule has 0 bridgehead atoms. The molecule has 3 heterocycles. The van der Waals surface area contributed by atoms with Gasteiger partial charge in [0.1, 0.15) is 16.9 Å². The van der Waals surface area contributed by atoms with Crippen LogP contribution in [-0.2, 0) is 21.0 Å². The number of halogens is 3. The predicted octanol–water partition coefficient (Wildman–Crippen LogP) is 2.12. The first kappa shape index (κ1) is 22.7. The molecule has 1 atom stereocenters. The average molecular weight is 460 g/mol. The van der Waals surface area contributed by atoms with E-state index in [0.717, 1.165) is 11.0 Å². The van der Waals surface area contributed by atoms with Crippen molar-refractivity contribution in [3.63, 3.8) is 0 Å². The van der Waals surface area contributed by atoms with Crippen molar-refractivity contribution in [2.75, 3.05) is 6.54 Å². The number of aryl methyl sites for hydroxylation is 3. The first-order chi connectivity index (χ1) is 14.2. The Morgan fingerprint density at radius 3 is 2.29 bits per heavy atom. The van der Waals surface area contributed by atoms with E-state index in [2.05, 4.69) is 10.1 Å². The number of nitrogens with zero attached hydrogens (tertiary/aromatic N) is 3. The van der Waals surface area contributed by atoms with Gasteiger partial charge in [-0.25, -0.2) is 18.1 Å². The summed E-state index contributed by atoms with van der Waals surface area (Å²) >= 11 is 0. The summed E-state index contributed by atoms with van der Waals surface area (Å²) in [5, 5.41) is 3.55. The Bertz CT molecular complexity index is 1160. The first-order valence-electron chi connectivity index (χ1n) is 9.05. The number of hydrogen-bond acceptors (Lipinski definition) is 7. The summed E-state index contributed by atoms with van der Waals surface area (Å²) in [7, 11) is -4.31. The number of alkyl halides is 3. The fourth-order valence-electron chi connectivity index (χ4n) is 3.35. The molecule has 9 nitrogen and oxygen atoms in total. The minimum absolute atomic E-state index is 0.00375. The number of hydrogen-bond donors (Lipinski definition) is 1. The number of nitrogens with one attached hydrogen (secondary N) is 1. The number of rotatable bonds is 4. The molecule has 2 aromatic rings. The smallest absolute Gasteiger partial charge is 0.360 e. The Kier molecular flexibility index (Phi) is 5.37. The number of likely N-dealkylation sites (tertiary alicyclic amines) is 1. The van der Waals surface area contributed by atoms with E-state index in [0.29, 0.717) is 6.07 Å². The molecule has 1 saturated heterocycles. The van der Waals surface area contributed by atoms with Crippen molar-refractivity contribution in [1.82, 2.24) is 19.8 Å². The highest BCUT2D eigenvalue weighted by Gasteiger charge is 2.51. The van der Waals surface area contributed by atoms with Crippen LogP contribution in [0.25, 0.3) is 0 Å². The molecular formula is C18H19F3N4O5S. The number of carbonyl (C=O) groups excluding carboxylic acids is 2. The fourth-order valence-corrected chi connectivity index (χ4v) is 4.76. The van der Waals surface area contributed by atoms with Crippen molar-refractivity contribution in [2.45, 2.75) is 50.7 Å². The van der Waals surface area contributed by atoms with Crippen LogP contribution in [-0.4, -0.2) is 47.4 Å². The normalized spacial score (nSPS) is 19.1. The van der Waals surface area contributed by atoms with Crippen LogP contribution in [0.4, 0.5) is 13.2 Å². The van der Waals surface area contributed by atoms with Crippen LogP contribution in [0.5, 0.6) is 0 Å². The van der Waals surface area contributed by atoms with E-state index in [9.17, 15) is 31.2 Å². The van der Waals surface area contributed by atoms with Crippen LogP contribution in [0.1, 0.15) is 46.5 Å². The van der Waals surface area contributed by atoms with E-state index in [-0.39, 0.29) is 40.6 Å². The van der Waals surface area contributed by atoms with Gasteiger partial charge in [-0.15, -0.1) is 0 Å². The van der Waals surface area contributed by atoms with E-state index in [1.807, 2.05) is 4.72 Å². The lowest BCUT2D eigenvalue weighted by Crippen LogP contribution is -2.67. The highest BCUT2D eigenvalue weighted by molar-refractivity contribution is 7.90. The largest absolute Gasteiger partial charge is 0.433 e. The molecule has 2 aromatic heterocycles. The van der Waals surface area contributed by atoms with Crippen LogP contribution in [0.3, 0.4) is 0 Å². The topological polar surface area (TPSA) is 122 Å². The molecule has 0 saturated carbocycles. The summed E-state index contributed by atoms with van der Waals surface area (Å²) < 4.78 is 70.4. The lowest BCUT2D eigenvalue weighted by Gasteiger charge is -2.48. The maximum atomic E-state index is 12.9. The molecule has 0 aromatic carbocycles. The highest BCUT2D eigenvalue weighted by Crippen LogP contribution is 2.34. The van der Waals surface area contributed by atoms with E-state index < -0.39 is 39.2 Å². The van der Waals surface area contributed by atoms with E-state index in [1.165, 1.54) is 27.7 Å². The van der Waals surface area contributed by atoms with Crippen molar-refractivity contribution in [3.05, 3.63) is 40.5 Å². The average Bonchev–Trinajstić information content (AvgIpc) is 2.97. The maximum absolute atomic E-state index is 12.9. The molecule has 0 aliphatic carbocycles.